The van der Waals surface area contributed by atoms with Crippen molar-refractivity contribution in [2.24, 2.45) is 5.41 Å². The maximum Gasteiger partial charge on any atom is 0.276 e. The minimum atomic E-state index is -2.97. The molecule has 17 heavy (non-hydrogen) atoms. The van der Waals surface area contributed by atoms with Gasteiger partial charge in [-0.2, -0.15) is 13.7 Å². The predicted octanol–water partition coefficient (Wildman–Crippen LogP) is -0.328. The van der Waals surface area contributed by atoms with Crippen molar-refractivity contribution < 1.29 is 29.2 Å². The van der Waals surface area contributed by atoms with Gasteiger partial charge >= 0.3 is 0 Å². The fourth-order valence-electron chi connectivity index (χ4n) is 3.32. The Balaban J connectivity index is 2.09. The molecule has 3 fully saturated rings. The Hall–Kier alpha value is -0.600. The summed E-state index contributed by atoms with van der Waals surface area (Å²) in [6.07, 6.45) is -1.06. The Morgan fingerprint density at radius 2 is 1.76 bits per heavy atom. The Morgan fingerprint density at radius 3 is 2.24 bits per heavy atom. The van der Waals surface area contributed by atoms with Gasteiger partial charge in [-0.05, 0) is 24.7 Å². The number of hydrogen-bond acceptors (Lipinski definition) is 5. The first-order chi connectivity index (χ1) is 7.71. The molecule has 0 aromatic carbocycles. The molecule has 1 atom stereocenters. The molecule has 0 radical (unpaired) electrons. The van der Waals surface area contributed by atoms with E-state index >= 15 is 0 Å². The van der Waals surface area contributed by atoms with Gasteiger partial charge in [-0.15, -0.1) is 0 Å². The highest BCUT2D eigenvalue weighted by Crippen LogP contribution is 2.66. The van der Waals surface area contributed by atoms with Crippen molar-refractivity contribution in [2.75, 3.05) is 0 Å². The fraction of sp³-hybridized carbons (Fsp3) is 0.800. The van der Waals surface area contributed by atoms with E-state index in [2.05, 4.69) is 0 Å². The van der Waals surface area contributed by atoms with Crippen LogP contribution in [0, 0.1) is 5.41 Å². The van der Waals surface area contributed by atoms with Crippen molar-refractivity contribution in [2.45, 2.75) is 43.5 Å². The Morgan fingerprint density at radius 1 is 1.18 bits per heavy atom. The maximum atomic E-state index is 12.6. The van der Waals surface area contributed by atoms with E-state index in [4.69, 9.17) is 0 Å². The van der Waals surface area contributed by atoms with E-state index in [0.717, 1.165) is 0 Å². The zero-order valence-corrected chi connectivity index (χ0v) is 8.90. The van der Waals surface area contributed by atoms with Crippen LogP contribution < -0.4 is 0 Å². The second-order valence-electron chi connectivity index (χ2n) is 5.28. The van der Waals surface area contributed by atoms with E-state index in [1.54, 1.807) is 0 Å². The quantitative estimate of drug-likeness (QED) is 0.442. The molecule has 3 rings (SSSR count). The smallest absolute Gasteiger partial charge is 0.276 e. The number of halogens is 2. The lowest BCUT2D eigenvalue weighted by Crippen LogP contribution is -2.57. The molecule has 1 spiro atoms. The van der Waals surface area contributed by atoms with Crippen LogP contribution in [0.5, 0.6) is 0 Å². The largest absolute Gasteiger partial charge is 0.353 e. The van der Waals surface area contributed by atoms with Crippen molar-refractivity contribution in [3.8, 4) is 0 Å². The summed E-state index contributed by atoms with van der Waals surface area (Å²) in [6.45, 7) is 0. The zero-order valence-electron chi connectivity index (χ0n) is 8.90. The van der Waals surface area contributed by atoms with Gasteiger partial charge in [-0.1, -0.05) is 0 Å². The Labute approximate surface area is 95.6 Å². The lowest BCUT2D eigenvalue weighted by Gasteiger charge is -2.35. The second-order valence-corrected chi connectivity index (χ2v) is 5.28. The summed E-state index contributed by atoms with van der Waals surface area (Å²) in [5.41, 5.74) is -1.29. The van der Waals surface area contributed by atoms with E-state index in [1.807, 2.05) is 0 Å². The minimum Gasteiger partial charge on any atom is -0.353 e. The van der Waals surface area contributed by atoms with Gasteiger partial charge < -0.3 is 20.4 Å². The SMILES string of the molecule is OC1(O)CC2(CC2)C2CC(=C(F)F)C(O)(O)N21. The molecule has 1 aliphatic carbocycles. The first kappa shape index (κ1) is 11.5. The van der Waals surface area contributed by atoms with Crippen LogP contribution >= 0.6 is 0 Å². The average molecular weight is 249 g/mol. The summed E-state index contributed by atoms with van der Waals surface area (Å²) in [5, 5.41) is 39.0. The standard InChI is InChI=1S/C10H13F2NO4/c11-7(12)5-3-6-8(1-2-8)4-9(14,15)13(6)10(5,16)17/h6,14-17H,1-4H2. The third-order valence-electron chi connectivity index (χ3n) is 4.25. The summed E-state index contributed by atoms with van der Waals surface area (Å²) in [4.78, 5) is 0.599. The molecule has 1 saturated carbocycles. The minimum absolute atomic E-state index is 0.0330. The van der Waals surface area contributed by atoms with Crippen LogP contribution in [0.3, 0.4) is 0 Å². The maximum absolute atomic E-state index is 12.6. The number of nitrogens with zero attached hydrogens (tertiary/aromatic N) is 1. The predicted molar refractivity (Wildman–Crippen MR) is 50.1 cm³/mol. The first-order valence-electron chi connectivity index (χ1n) is 5.44. The highest BCUT2D eigenvalue weighted by molar-refractivity contribution is 5.28. The van der Waals surface area contributed by atoms with Crippen LogP contribution in [0.25, 0.3) is 0 Å². The fourth-order valence-corrected chi connectivity index (χ4v) is 3.32. The highest BCUT2D eigenvalue weighted by Gasteiger charge is 2.73. The van der Waals surface area contributed by atoms with E-state index in [1.165, 1.54) is 0 Å². The van der Waals surface area contributed by atoms with E-state index < -0.39 is 34.9 Å². The molecule has 0 bridgehead atoms. The van der Waals surface area contributed by atoms with Crippen LogP contribution in [0.4, 0.5) is 8.78 Å². The molecule has 96 valence electrons. The summed E-state index contributed by atoms with van der Waals surface area (Å²) < 4.78 is 25.3. The number of rotatable bonds is 0. The van der Waals surface area contributed by atoms with Gasteiger partial charge in [0.2, 0.25) is 5.91 Å². The van der Waals surface area contributed by atoms with Gasteiger partial charge in [0.1, 0.15) is 0 Å². The molecule has 2 saturated heterocycles. The van der Waals surface area contributed by atoms with Gasteiger partial charge in [0.25, 0.3) is 12.0 Å². The van der Waals surface area contributed by atoms with Crippen LogP contribution in [0.15, 0.2) is 11.7 Å². The Bertz CT molecular complexity index is 413. The molecule has 0 aromatic heterocycles. The topological polar surface area (TPSA) is 84.2 Å². The van der Waals surface area contributed by atoms with Gasteiger partial charge in [0, 0.05) is 12.5 Å². The molecular formula is C10H13F2NO4. The van der Waals surface area contributed by atoms with Gasteiger partial charge in [0.15, 0.2) is 0 Å². The van der Waals surface area contributed by atoms with Gasteiger partial charge in [-0.3, -0.25) is 0 Å². The number of fused-ring (bicyclic) bond motifs is 2. The van der Waals surface area contributed by atoms with E-state index in [9.17, 15) is 29.2 Å². The lowest BCUT2D eigenvalue weighted by molar-refractivity contribution is -0.351. The van der Waals surface area contributed by atoms with Crippen molar-refractivity contribution in [1.29, 1.82) is 0 Å². The molecule has 2 aliphatic heterocycles. The summed E-state index contributed by atoms with van der Waals surface area (Å²) >= 11 is 0. The van der Waals surface area contributed by atoms with Crippen LogP contribution in [0.1, 0.15) is 25.7 Å². The number of hydrogen-bond donors (Lipinski definition) is 4. The summed E-state index contributed by atoms with van der Waals surface area (Å²) in [5.74, 6) is -5.42. The third-order valence-corrected chi connectivity index (χ3v) is 4.25. The third kappa shape index (κ3) is 1.28. The molecule has 5 nitrogen and oxygen atoms in total. The first-order valence-corrected chi connectivity index (χ1v) is 5.44. The van der Waals surface area contributed by atoms with Gasteiger partial charge in [0.05, 0.1) is 5.57 Å². The molecule has 0 amide bonds. The Kier molecular flexibility index (Phi) is 1.93. The lowest BCUT2D eigenvalue weighted by atomic mass is 9.93. The monoisotopic (exact) mass is 249 g/mol. The van der Waals surface area contributed by atoms with Gasteiger partial charge in [-0.25, -0.2) is 0 Å². The molecule has 0 aromatic rings. The van der Waals surface area contributed by atoms with Crippen molar-refractivity contribution in [3.63, 3.8) is 0 Å². The average Bonchev–Trinajstić information content (AvgIpc) is 2.75. The molecule has 1 unspecified atom stereocenters. The van der Waals surface area contributed by atoms with E-state index in [-0.39, 0.29) is 12.8 Å². The summed E-state index contributed by atoms with van der Waals surface area (Å²) in [6, 6.07) is -0.649. The highest BCUT2D eigenvalue weighted by atomic mass is 19.3. The molecule has 2 heterocycles. The van der Waals surface area contributed by atoms with Crippen molar-refractivity contribution in [3.05, 3.63) is 11.7 Å². The molecular weight excluding hydrogens is 236 g/mol. The number of aliphatic hydroxyl groups is 4. The van der Waals surface area contributed by atoms with E-state index in [0.29, 0.717) is 17.7 Å². The van der Waals surface area contributed by atoms with Crippen molar-refractivity contribution in [1.82, 2.24) is 4.90 Å². The van der Waals surface area contributed by atoms with Crippen LogP contribution in [-0.2, 0) is 0 Å². The second kappa shape index (κ2) is 2.86. The molecule has 3 aliphatic rings. The summed E-state index contributed by atoms with van der Waals surface area (Å²) in [7, 11) is 0. The normalized spacial score (nSPS) is 36.4. The molecule has 4 N–H and O–H groups in total. The van der Waals surface area contributed by atoms with Crippen LogP contribution in [-0.4, -0.2) is 43.2 Å². The van der Waals surface area contributed by atoms with Crippen molar-refractivity contribution >= 4 is 0 Å². The zero-order chi connectivity index (χ0) is 12.6. The molecule has 7 heteroatoms. The van der Waals surface area contributed by atoms with Crippen LogP contribution in [0.2, 0.25) is 0 Å².